The van der Waals surface area contributed by atoms with Crippen molar-refractivity contribution in [1.82, 2.24) is 10.6 Å². The number of rotatable bonds is 6. The van der Waals surface area contributed by atoms with Gasteiger partial charge < -0.3 is 20.5 Å². The maximum absolute atomic E-state index is 13.0. The number of ether oxygens (including phenoxy) is 1. The van der Waals surface area contributed by atoms with Gasteiger partial charge in [-0.25, -0.2) is 8.78 Å². The number of hydrogen-bond acceptors (Lipinski definition) is 4. The molecule has 1 aliphatic heterocycles. The Bertz CT molecular complexity index is 508. The Hall–Kier alpha value is -1.73. The third kappa shape index (κ3) is 4.92. The van der Waals surface area contributed by atoms with Gasteiger partial charge in [-0.15, -0.1) is 0 Å². The molecule has 0 saturated carbocycles. The highest BCUT2D eigenvalue weighted by atomic mass is 19.2. The van der Waals surface area contributed by atoms with Crippen molar-refractivity contribution in [3.63, 3.8) is 0 Å². The maximum atomic E-state index is 13.0. The van der Waals surface area contributed by atoms with Crippen molar-refractivity contribution < 1.29 is 23.4 Å². The van der Waals surface area contributed by atoms with E-state index in [1.165, 1.54) is 6.07 Å². The lowest BCUT2D eigenvalue weighted by Gasteiger charge is -2.23. The second kappa shape index (κ2) is 8.05. The van der Waals surface area contributed by atoms with Crippen molar-refractivity contribution in [2.24, 2.45) is 0 Å². The molecule has 22 heavy (non-hydrogen) atoms. The van der Waals surface area contributed by atoms with Crippen molar-refractivity contribution in [2.75, 3.05) is 19.7 Å². The molecule has 2 atom stereocenters. The molecule has 7 heteroatoms. The number of carbonyl (C=O) groups is 1. The van der Waals surface area contributed by atoms with Crippen LogP contribution >= 0.6 is 0 Å². The molecule has 5 nitrogen and oxygen atoms in total. The molecular weight excluding hydrogens is 294 g/mol. The highest BCUT2D eigenvalue weighted by molar-refractivity contribution is 5.81. The van der Waals surface area contributed by atoms with E-state index in [2.05, 4.69) is 10.6 Å². The van der Waals surface area contributed by atoms with E-state index < -0.39 is 17.7 Å². The summed E-state index contributed by atoms with van der Waals surface area (Å²) in [5, 5.41) is 15.5. The van der Waals surface area contributed by atoms with Gasteiger partial charge in [0.05, 0.1) is 6.04 Å². The van der Waals surface area contributed by atoms with Gasteiger partial charge in [0.2, 0.25) is 5.91 Å². The lowest BCUT2D eigenvalue weighted by Crippen LogP contribution is -2.48. The fourth-order valence-electron chi connectivity index (χ4n) is 2.24. The van der Waals surface area contributed by atoms with Crippen LogP contribution < -0.4 is 15.4 Å². The number of amides is 1. The maximum Gasteiger partial charge on any atom is 0.237 e. The molecule has 122 valence electrons. The van der Waals surface area contributed by atoms with Gasteiger partial charge in [-0.2, -0.15) is 0 Å². The van der Waals surface area contributed by atoms with Crippen LogP contribution in [0.3, 0.4) is 0 Å². The van der Waals surface area contributed by atoms with E-state index in [1.54, 1.807) is 0 Å². The van der Waals surface area contributed by atoms with Gasteiger partial charge in [0.25, 0.3) is 0 Å². The molecule has 1 amide bonds. The summed E-state index contributed by atoms with van der Waals surface area (Å²) in [5.74, 6) is -1.99. The van der Waals surface area contributed by atoms with Crippen molar-refractivity contribution in [3.8, 4) is 5.75 Å². The topological polar surface area (TPSA) is 70.6 Å². The summed E-state index contributed by atoms with van der Waals surface area (Å²) in [6, 6.07) is 2.92. The SMILES string of the molecule is O=C(NCC(O)COc1ccc(F)c(F)c1)C1CCCCN1. The Morgan fingerprint density at radius 2 is 2.23 bits per heavy atom. The molecule has 1 fully saturated rings. The lowest BCUT2D eigenvalue weighted by atomic mass is 10.0. The van der Waals surface area contributed by atoms with Crippen molar-refractivity contribution >= 4 is 5.91 Å². The standard InChI is InChI=1S/C15H20F2N2O3/c16-12-5-4-11(7-13(12)17)22-9-10(20)8-19-15(21)14-3-1-2-6-18-14/h4-5,7,10,14,18,20H,1-3,6,8-9H2,(H,19,21). The fraction of sp³-hybridized carbons (Fsp3) is 0.533. The summed E-state index contributed by atoms with van der Waals surface area (Å²) >= 11 is 0. The van der Waals surface area contributed by atoms with E-state index in [4.69, 9.17) is 4.74 Å². The molecule has 0 aliphatic carbocycles. The first kappa shape index (κ1) is 16.6. The number of halogens is 2. The number of benzene rings is 1. The van der Waals surface area contributed by atoms with Crippen LogP contribution in [0.5, 0.6) is 5.75 Å². The highest BCUT2D eigenvalue weighted by Gasteiger charge is 2.20. The number of aliphatic hydroxyl groups is 1. The zero-order chi connectivity index (χ0) is 15.9. The molecule has 1 aromatic rings. The molecule has 0 spiro atoms. The van der Waals surface area contributed by atoms with E-state index in [-0.39, 0.29) is 30.9 Å². The third-order valence-electron chi connectivity index (χ3n) is 3.47. The van der Waals surface area contributed by atoms with Crippen LogP contribution in [0.25, 0.3) is 0 Å². The Kier molecular flexibility index (Phi) is 6.09. The molecule has 2 unspecified atom stereocenters. The number of piperidine rings is 1. The average molecular weight is 314 g/mol. The van der Waals surface area contributed by atoms with E-state index in [1.807, 2.05) is 0 Å². The Morgan fingerprint density at radius 1 is 1.41 bits per heavy atom. The van der Waals surface area contributed by atoms with Gasteiger partial charge in [0, 0.05) is 12.6 Å². The summed E-state index contributed by atoms with van der Waals surface area (Å²) in [4.78, 5) is 11.8. The number of nitrogens with one attached hydrogen (secondary N) is 2. The lowest BCUT2D eigenvalue weighted by molar-refractivity contribution is -0.124. The average Bonchev–Trinajstić information content (AvgIpc) is 2.54. The van der Waals surface area contributed by atoms with Gasteiger partial charge in [0.15, 0.2) is 11.6 Å². The van der Waals surface area contributed by atoms with Crippen LogP contribution in [-0.2, 0) is 4.79 Å². The number of carbonyl (C=O) groups excluding carboxylic acids is 1. The summed E-state index contributed by atoms with van der Waals surface area (Å²) < 4.78 is 30.9. The number of aliphatic hydroxyl groups excluding tert-OH is 1. The monoisotopic (exact) mass is 314 g/mol. The predicted octanol–water partition coefficient (Wildman–Crippen LogP) is 0.963. The summed E-state index contributed by atoms with van der Waals surface area (Å²) in [7, 11) is 0. The van der Waals surface area contributed by atoms with Crippen LogP contribution in [0.2, 0.25) is 0 Å². The molecule has 1 saturated heterocycles. The zero-order valence-electron chi connectivity index (χ0n) is 12.1. The van der Waals surface area contributed by atoms with Crippen molar-refractivity contribution in [2.45, 2.75) is 31.4 Å². The second-order valence-electron chi connectivity index (χ2n) is 5.29. The van der Waals surface area contributed by atoms with Gasteiger partial charge in [-0.1, -0.05) is 6.42 Å². The predicted molar refractivity (Wildman–Crippen MR) is 76.5 cm³/mol. The Morgan fingerprint density at radius 3 is 2.91 bits per heavy atom. The molecule has 2 rings (SSSR count). The molecule has 3 N–H and O–H groups in total. The summed E-state index contributed by atoms with van der Waals surface area (Å²) in [5.41, 5.74) is 0. The van der Waals surface area contributed by atoms with Crippen LogP contribution in [0.4, 0.5) is 8.78 Å². The van der Waals surface area contributed by atoms with Gasteiger partial charge in [-0.3, -0.25) is 4.79 Å². The van der Waals surface area contributed by atoms with Crippen LogP contribution in [-0.4, -0.2) is 42.9 Å². The van der Waals surface area contributed by atoms with E-state index in [9.17, 15) is 18.7 Å². The summed E-state index contributed by atoms with van der Waals surface area (Å²) in [6.07, 6.45) is 1.93. The fourth-order valence-corrected chi connectivity index (χ4v) is 2.24. The minimum Gasteiger partial charge on any atom is -0.491 e. The smallest absolute Gasteiger partial charge is 0.237 e. The molecular formula is C15H20F2N2O3. The molecule has 1 aliphatic rings. The molecule has 0 aromatic heterocycles. The van der Waals surface area contributed by atoms with Gasteiger partial charge >= 0.3 is 0 Å². The highest BCUT2D eigenvalue weighted by Crippen LogP contribution is 2.15. The van der Waals surface area contributed by atoms with Crippen molar-refractivity contribution in [3.05, 3.63) is 29.8 Å². The Balaban J connectivity index is 1.69. The normalized spacial score (nSPS) is 19.5. The van der Waals surface area contributed by atoms with Crippen LogP contribution in [0.15, 0.2) is 18.2 Å². The van der Waals surface area contributed by atoms with E-state index in [0.717, 1.165) is 37.9 Å². The van der Waals surface area contributed by atoms with Crippen LogP contribution in [0, 0.1) is 11.6 Å². The Labute approximate surface area is 127 Å². The first-order chi connectivity index (χ1) is 10.6. The van der Waals surface area contributed by atoms with E-state index >= 15 is 0 Å². The van der Waals surface area contributed by atoms with Crippen LogP contribution in [0.1, 0.15) is 19.3 Å². The van der Waals surface area contributed by atoms with Crippen molar-refractivity contribution in [1.29, 1.82) is 0 Å². The minimum absolute atomic E-state index is 0.0424. The molecule has 0 bridgehead atoms. The minimum atomic E-state index is -1.01. The van der Waals surface area contributed by atoms with Gasteiger partial charge in [0.1, 0.15) is 18.5 Å². The molecule has 1 heterocycles. The first-order valence-electron chi connectivity index (χ1n) is 7.33. The first-order valence-corrected chi connectivity index (χ1v) is 7.33. The zero-order valence-corrected chi connectivity index (χ0v) is 12.1. The third-order valence-corrected chi connectivity index (χ3v) is 3.47. The quantitative estimate of drug-likeness (QED) is 0.731. The molecule has 1 aromatic carbocycles. The van der Waals surface area contributed by atoms with Gasteiger partial charge in [-0.05, 0) is 31.5 Å². The molecule has 0 radical (unpaired) electrons. The largest absolute Gasteiger partial charge is 0.491 e. The van der Waals surface area contributed by atoms with E-state index in [0.29, 0.717) is 0 Å². The number of hydrogen-bond donors (Lipinski definition) is 3. The summed E-state index contributed by atoms with van der Waals surface area (Å²) in [6.45, 7) is 0.740. The second-order valence-corrected chi connectivity index (χ2v) is 5.29.